The zero-order chi connectivity index (χ0) is 11.1. The van der Waals surface area contributed by atoms with Crippen LogP contribution in [0.3, 0.4) is 0 Å². The van der Waals surface area contributed by atoms with Crippen LogP contribution in [-0.4, -0.2) is 10.9 Å². The zero-order valence-corrected chi connectivity index (χ0v) is 8.53. The average Bonchev–Trinajstić information content (AvgIpc) is 2.66. The lowest BCUT2D eigenvalue weighted by atomic mass is 10.1. The first-order valence-corrected chi connectivity index (χ1v) is 5.06. The standard InChI is InChI=1S/C13H10N2O/c14-13(16)8-5-6-12-10(7-8)9-3-1-2-4-11(9)15-12/h1-7,15H,(H2,14,16). The van der Waals surface area contributed by atoms with E-state index in [1.165, 1.54) is 0 Å². The number of aromatic nitrogens is 1. The number of hydrogen-bond donors (Lipinski definition) is 2. The van der Waals surface area contributed by atoms with E-state index in [4.69, 9.17) is 5.73 Å². The molecule has 0 aliphatic carbocycles. The smallest absolute Gasteiger partial charge is 0.248 e. The molecule has 0 aliphatic rings. The van der Waals surface area contributed by atoms with Gasteiger partial charge in [-0.3, -0.25) is 4.79 Å². The molecule has 0 spiro atoms. The summed E-state index contributed by atoms with van der Waals surface area (Å²) in [5.41, 5.74) is 7.90. The molecule has 3 aromatic rings. The molecule has 3 rings (SSSR count). The molecule has 0 bridgehead atoms. The molecule has 0 fully saturated rings. The maximum Gasteiger partial charge on any atom is 0.248 e. The zero-order valence-electron chi connectivity index (χ0n) is 8.53. The quantitative estimate of drug-likeness (QED) is 0.636. The lowest BCUT2D eigenvalue weighted by Gasteiger charge is -1.95. The number of rotatable bonds is 1. The molecule has 3 heteroatoms. The molecule has 78 valence electrons. The van der Waals surface area contributed by atoms with Crippen LogP contribution in [-0.2, 0) is 0 Å². The Morgan fingerprint density at radius 3 is 2.56 bits per heavy atom. The van der Waals surface area contributed by atoms with Crippen LogP contribution in [0.4, 0.5) is 0 Å². The Balaban J connectivity index is 2.44. The van der Waals surface area contributed by atoms with E-state index < -0.39 is 5.91 Å². The number of amides is 1. The minimum Gasteiger partial charge on any atom is -0.366 e. The van der Waals surface area contributed by atoms with Crippen molar-refractivity contribution >= 4 is 27.7 Å². The molecular weight excluding hydrogens is 200 g/mol. The van der Waals surface area contributed by atoms with Gasteiger partial charge in [-0.25, -0.2) is 0 Å². The van der Waals surface area contributed by atoms with E-state index >= 15 is 0 Å². The van der Waals surface area contributed by atoms with Crippen LogP contribution >= 0.6 is 0 Å². The van der Waals surface area contributed by atoms with Gasteiger partial charge in [-0.15, -0.1) is 0 Å². The SMILES string of the molecule is NC(=O)c1ccc2[nH]c3ccccc3c2c1. The number of nitrogens with two attached hydrogens (primary N) is 1. The highest BCUT2D eigenvalue weighted by molar-refractivity contribution is 6.09. The Morgan fingerprint density at radius 2 is 1.75 bits per heavy atom. The molecule has 3 N–H and O–H groups in total. The number of fused-ring (bicyclic) bond motifs is 3. The van der Waals surface area contributed by atoms with Gasteiger partial charge in [0, 0.05) is 27.4 Å². The van der Waals surface area contributed by atoms with Crippen molar-refractivity contribution < 1.29 is 4.79 Å². The normalized spacial score (nSPS) is 11.0. The number of benzene rings is 2. The minimum absolute atomic E-state index is 0.396. The molecule has 0 radical (unpaired) electrons. The summed E-state index contributed by atoms with van der Waals surface area (Å²) in [6.45, 7) is 0. The summed E-state index contributed by atoms with van der Waals surface area (Å²) in [6.07, 6.45) is 0. The van der Waals surface area contributed by atoms with Gasteiger partial charge in [0.2, 0.25) is 5.91 Å². The maximum absolute atomic E-state index is 11.1. The van der Waals surface area contributed by atoms with Crippen molar-refractivity contribution in [3.05, 3.63) is 48.0 Å². The third-order valence-electron chi connectivity index (χ3n) is 2.79. The number of para-hydroxylation sites is 1. The summed E-state index contributed by atoms with van der Waals surface area (Å²) >= 11 is 0. The fourth-order valence-corrected chi connectivity index (χ4v) is 2.00. The molecule has 1 aromatic heterocycles. The first kappa shape index (κ1) is 8.97. The van der Waals surface area contributed by atoms with Crippen LogP contribution in [0.1, 0.15) is 10.4 Å². The van der Waals surface area contributed by atoms with Gasteiger partial charge in [-0.2, -0.15) is 0 Å². The van der Waals surface area contributed by atoms with Crippen LogP contribution < -0.4 is 5.73 Å². The van der Waals surface area contributed by atoms with Crippen LogP contribution in [0.25, 0.3) is 21.8 Å². The Morgan fingerprint density at radius 1 is 1.00 bits per heavy atom. The Kier molecular flexibility index (Phi) is 1.74. The Bertz CT molecular complexity index is 697. The summed E-state index contributed by atoms with van der Waals surface area (Å²) in [5, 5.41) is 2.15. The van der Waals surface area contributed by atoms with Gasteiger partial charge in [0.1, 0.15) is 0 Å². The lowest BCUT2D eigenvalue weighted by molar-refractivity contribution is 0.100. The fourth-order valence-electron chi connectivity index (χ4n) is 2.00. The molecular formula is C13H10N2O. The maximum atomic E-state index is 11.1. The van der Waals surface area contributed by atoms with E-state index in [-0.39, 0.29) is 0 Å². The van der Waals surface area contributed by atoms with Crippen LogP contribution in [0.15, 0.2) is 42.5 Å². The number of carbonyl (C=O) groups excluding carboxylic acids is 1. The summed E-state index contributed by atoms with van der Waals surface area (Å²) in [4.78, 5) is 14.4. The Labute approximate surface area is 91.9 Å². The summed E-state index contributed by atoms with van der Waals surface area (Å²) < 4.78 is 0. The average molecular weight is 210 g/mol. The molecule has 0 unspecified atom stereocenters. The molecule has 0 aliphatic heterocycles. The van der Waals surface area contributed by atoms with Gasteiger partial charge in [-0.05, 0) is 24.3 Å². The molecule has 3 nitrogen and oxygen atoms in total. The first-order chi connectivity index (χ1) is 7.75. The predicted octanol–water partition coefficient (Wildman–Crippen LogP) is 2.42. The highest BCUT2D eigenvalue weighted by Gasteiger charge is 2.06. The second-order valence-corrected chi connectivity index (χ2v) is 3.80. The number of carbonyl (C=O) groups is 1. The largest absolute Gasteiger partial charge is 0.366 e. The van der Waals surface area contributed by atoms with Crippen molar-refractivity contribution in [1.29, 1.82) is 0 Å². The molecule has 2 aromatic carbocycles. The first-order valence-electron chi connectivity index (χ1n) is 5.06. The van der Waals surface area contributed by atoms with Crippen molar-refractivity contribution in [3.63, 3.8) is 0 Å². The van der Waals surface area contributed by atoms with Crippen molar-refractivity contribution in [3.8, 4) is 0 Å². The van der Waals surface area contributed by atoms with Crippen LogP contribution in [0, 0.1) is 0 Å². The number of aromatic amines is 1. The molecule has 0 atom stereocenters. The van der Waals surface area contributed by atoms with Crippen LogP contribution in [0.5, 0.6) is 0 Å². The number of nitrogens with one attached hydrogen (secondary N) is 1. The Hall–Kier alpha value is -2.29. The highest BCUT2D eigenvalue weighted by atomic mass is 16.1. The summed E-state index contributed by atoms with van der Waals surface area (Å²) in [6, 6.07) is 13.4. The third-order valence-corrected chi connectivity index (χ3v) is 2.79. The predicted molar refractivity (Wildman–Crippen MR) is 64.3 cm³/mol. The highest BCUT2D eigenvalue weighted by Crippen LogP contribution is 2.25. The number of hydrogen-bond acceptors (Lipinski definition) is 1. The number of primary amides is 1. The van der Waals surface area contributed by atoms with Gasteiger partial charge in [-0.1, -0.05) is 18.2 Å². The lowest BCUT2D eigenvalue weighted by Crippen LogP contribution is -2.10. The third kappa shape index (κ3) is 1.18. The number of H-pyrrole nitrogens is 1. The van der Waals surface area contributed by atoms with Gasteiger partial charge >= 0.3 is 0 Å². The van der Waals surface area contributed by atoms with Crippen molar-refractivity contribution in [1.82, 2.24) is 4.98 Å². The molecule has 1 amide bonds. The van der Waals surface area contributed by atoms with Crippen LogP contribution in [0.2, 0.25) is 0 Å². The van der Waals surface area contributed by atoms with Gasteiger partial charge < -0.3 is 10.7 Å². The fraction of sp³-hybridized carbons (Fsp3) is 0. The summed E-state index contributed by atoms with van der Waals surface area (Å²) in [7, 11) is 0. The summed E-state index contributed by atoms with van der Waals surface area (Å²) in [5.74, 6) is -0.396. The molecule has 1 heterocycles. The van der Waals surface area contributed by atoms with E-state index in [9.17, 15) is 4.79 Å². The van der Waals surface area contributed by atoms with Gasteiger partial charge in [0.05, 0.1) is 0 Å². The molecule has 0 saturated carbocycles. The van der Waals surface area contributed by atoms with E-state index in [1.807, 2.05) is 36.4 Å². The molecule has 0 saturated heterocycles. The van der Waals surface area contributed by atoms with E-state index in [0.29, 0.717) is 5.56 Å². The second-order valence-electron chi connectivity index (χ2n) is 3.80. The van der Waals surface area contributed by atoms with Crippen molar-refractivity contribution in [2.45, 2.75) is 0 Å². The van der Waals surface area contributed by atoms with Crippen molar-refractivity contribution in [2.75, 3.05) is 0 Å². The molecule has 16 heavy (non-hydrogen) atoms. The van der Waals surface area contributed by atoms with Gasteiger partial charge in [0.25, 0.3) is 0 Å². The topological polar surface area (TPSA) is 58.9 Å². The van der Waals surface area contributed by atoms with E-state index in [0.717, 1.165) is 21.8 Å². The second kappa shape index (κ2) is 3.10. The van der Waals surface area contributed by atoms with E-state index in [2.05, 4.69) is 4.98 Å². The monoisotopic (exact) mass is 210 g/mol. The van der Waals surface area contributed by atoms with E-state index in [1.54, 1.807) is 6.07 Å². The minimum atomic E-state index is -0.396. The van der Waals surface area contributed by atoms with Gasteiger partial charge in [0.15, 0.2) is 0 Å². The van der Waals surface area contributed by atoms with Crippen molar-refractivity contribution in [2.24, 2.45) is 5.73 Å².